The van der Waals surface area contributed by atoms with Crippen LogP contribution in [-0.4, -0.2) is 0 Å². The van der Waals surface area contributed by atoms with Gasteiger partial charge in [-0.15, -0.1) is 0 Å². The van der Waals surface area contributed by atoms with Crippen LogP contribution in [0, 0.1) is 0 Å². The van der Waals surface area contributed by atoms with Crippen LogP contribution in [0.4, 0.5) is 0 Å². The summed E-state index contributed by atoms with van der Waals surface area (Å²) in [6.45, 7) is 4.80. The van der Waals surface area contributed by atoms with E-state index in [0.717, 1.165) is 0 Å². The smallest absolute Gasteiger partial charge is 0.0165 e. The molecular formula is C57H38. The standard InChI is InChI=1S/C57H38/c1-57(2)52-31-29-35-14-5-6-19-41(35)55(52)50-27-12-24-42(56(50)57)38-17-11-18-40(33-38)53-46-20-7-9-22-48(46)54(49-23-10-8-21-47(49)53)45-26-13-25-43-44(45)30-28-39-32-36-15-3-4-16-37(36)34-51(39)43/h3-34H,1-2H3. The molecule has 1 aliphatic rings. The van der Waals surface area contributed by atoms with E-state index in [9.17, 15) is 0 Å². The SMILES string of the molecule is CC1(C)c2ccc3ccccc3c2-c2cccc(-c3cccc(-c4c5ccccc5c(-c5cccc6c5ccc5cc7ccccc7cc56)c5ccccc45)c3)c21. The maximum Gasteiger partial charge on any atom is 0.0165 e. The van der Waals surface area contributed by atoms with E-state index in [2.05, 4.69) is 208 Å². The van der Waals surface area contributed by atoms with Gasteiger partial charge in [0, 0.05) is 5.41 Å². The van der Waals surface area contributed by atoms with Crippen molar-refractivity contribution in [1.29, 1.82) is 0 Å². The van der Waals surface area contributed by atoms with Gasteiger partial charge in [-0.05, 0) is 138 Å². The molecular weight excluding hydrogens is 685 g/mol. The topological polar surface area (TPSA) is 0 Å². The summed E-state index contributed by atoms with van der Waals surface area (Å²) in [4.78, 5) is 0. The molecule has 11 aromatic carbocycles. The second-order valence-electron chi connectivity index (χ2n) is 16.4. The average Bonchev–Trinajstić information content (AvgIpc) is 3.50. The Bertz CT molecular complexity index is 3430. The van der Waals surface area contributed by atoms with E-state index in [1.807, 2.05) is 0 Å². The molecule has 0 amide bonds. The third-order valence-corrected chi connectivity index (χ3v) is 13.0. The molecule has 0 saturated heterocycles. The van der Waals surface area contributed by atoms with Crippen LogP contribution in [0.2, 0.25) is 0 Å². The van der Waals surface area contributed by atoms with Crippen molar-refractivity contribution in [3.8, 4) is 44.5 Å². The lowest BCUT2D eigenvalue weighted by atomic mass is 9.78. The zero-order valence-electron chi connectivity index (χ0n) is 32.0. The molecule has 0 fully saturated rings. The lowest BCUT2D eigenvalue weighted by Crippen LogP contribution is -2.16. The van der Waals surface area contributed by atoms with Crippen molar-refractivity contribution in [2.24, 2.45) is 0 Å². The van der Waals surface area contributed by atoms with Crippen LogP contribution in [0.15, 0.2) is 194 Å². The summed E-state index contributed by atoms with van der Waals surface area (Å²) >= 11 is 0. The molecule has 266 valence electrons. The van der Waals surface area contributed by atoms with Crippen molar-refractivity contribution in [3.05, 3.63) is 205 Å². The highest BCUT2D eigenvalue weighted by atomic mass is 14.4. The predicted octanol–water partition coefficient (Wildman–Crippen LogP) is 15.9. The first-order valence-corrected chi connectivity index (χ1v) is 20.1. The van der Waals surface area contributed by atoms with Gasteiger partial charge in [-0.1, -0.05) is 190 Å². The summed E-state index contributed by atoms with van der Waals surface area (Å²) in [7, 11) is 0. The predicted molar refractivity (Wildman–Crippen MR) is 245 cm³/mol. The monoisotopic (exact) mass is 722 g/mol. The van der Waals surface area contributed by atoms with Gasteiger partial charge in [-0.25, -0.2) is 0 Å². The van der Waals surface area contributed by atoms with Gasteiger partial charge in [0.1, 0.15) is 0 Å². The van der Waals surface area contributed by atoms with Gasteiger partial charge in [0.25, 0.3) is 0 Å². The molecule has 0 saturated carbocycles. The van der Waals surface area contributed by atoms with Crippen LogP contribution in [0.3, 0.4) is 0 Å². The second kappa shape index (κ2) is 12.0. The van der Waals surface area contributed by atoms with Gasteiger partial charge in [0.2, 0.25) is 0 Å². The molecule has 0 heterocycles. The van der Waals surface area contributed by atoms with Crippen molar-refractivity contribution in [2.75, 3.05) is 0 Å². The molecule has 0 N–H and O–H groups in total. The normalized spacial score (nSPS) is 13.2. The third kappa shape index (κ3) is 4.62. The highest BCUT2D eigenvalue weighted by Crippen LogP contribution is 2.55. The Morgan fingerprint density at radius 3 is 1.58 bits per heavy atom. The van der Waals surface area contributed by atoms with E-state index in [0.29, 0.717) is 0 Å². The Morgan fingerprint density at radius 2 is 0.825 bits per heavy atom. The summed E-state index contributed by atoms with van der Waals surface area (Å²) in [6, 6.07) is 72.7. The third-order valence-electron chi connectivity index (χ3n) is 13.0. The quantitative estimate of drug-likeness (QED) is 0.126. The number of rotatable bonds is 3. The number of hydrogen-bond acceptors (Lipinski definition) is 0. The number of fused-ring (bicyclic) bond motifs is 11. The Hall–Kier alpha value is -7.02. The maximum atomic E-state index is 2.44. The largest absolute Gasteiger partial charge is 0.0616 e. The van der Waals surface area contributed by atoms with E-state index in [1.54, 1.807) is 0 Å². The molecule has 0 atom stereocenters. The Kier molecular flexibility index (Phi) is 6.78. The Labute approximate surface area is 332 Å². The zero-order valence-corrected chi connectivity index (χ0v) is 32.0. The second-order valence-corrected chi connectivity index (χ2v) is 16.4. The molecule has 57 heavy (non-hydrogen) atoms. The molecule has 11 aromatic rings. The van der Waals surface area contributed by atoms with Gasteiger partial charge >= 0.3 is 0 Å². The van der Waals surface area contributed by atoms with E-state index in [4.69, 9.17) is 0 Å². The molecule has 1 aliphatic carbocycles. The molecule has 12 rings (SSSR count). The molecule has 0 nitrogen and oxygen atoms in total. The molecule has 0 heteroatoms. The highest BCUT2D eigenvalue weighted by Gasteiger charge is 2.38. The van der Waals surface area contributed by atoms with Gasteiger partial charge in [-0.3, -0.25) is 0 Å². The van der Waals surface area contributed by atoms with Crippen molar-refractivity contribution in [1.82, 2.24) is 0 Å². The van der Waals surface area contributed by atoms with E-state index >= 15 is 0 Å². The van der Waals surface area contributed by atoms with Crippen molar-refractivity contribution >= 4 is 64.6 Å². The summed E-state index contributed by atoms with van der Waals surface area (Å²) in [5.41, 5.74) is 13.0. The molecule has 0 radical (unpaired) electrons. The Balaban J connectivity index is 1.08. The zero-order chi connectivity index (χ0) is 37.8. The van der Waals surface area contributed by atoms with Gasteiger partial charge in [0.15, 0.2) is 0 Å². The minimum Gasteiger partial charge on any atom is -0.0616 e. The van der Waals surface area contributed by atoms with Crippen molar-refractivity contribution in [3.63, 3.8) is 0 Å². The van der Waals surface area contributed by atoms with Gasteiger partial charge in [-0.2, -0.15) is 0 Å². The van der Waals surface area contributed by atoms with Crippen LogP contribution in [0.5, 0.6) is 0 Å². The van der Waals surface area contributed by atoms with E-state index in [-0.39, 0.29) is 5.41 Å². The van der Waals surface area contributed by atoms with Crippen LogP contribution in [0.1, 0.15) is 25.0 Å². The fourth-order valence-corrected chi connectivity index (χ4v) is 10.5. The van der Waals surface area contributed by atoms with Gasteiger partial charge in [0.05, 0.1) is 0 Å². The first kappa shape index (κ1) is 32.2. The summed E-state index contributed by atoms with van der Waals surface area (Å²) in [5.74, 6) is 0. The number of hydrogen-bond donors (Lipinski definition) is 0. The van der Waals surface area contributed by atoms with Crippen LogP contribution in [0.25, 0.3) is 109 Å². The van der Waals surface area contributed by atoms with E-state index < -0.39 is 0 Å². The van der Waals surface area contributed by atoms with Crippen LogP contribution < -0.4 is 0 Å². The molecule has 0 unspecified atom stereocenters. The van der Waals surface area contributed by atoms with Gasteiger partial charge < -0.3 is 0 Å². The first-order chi connectivity index (χ1) is 28.0. The average molecular weight is 723 g/mol. The molecule has 0 spiro atoms. The fraction of sp³-hybridized carbons (Fsp3) is 0.0526. The maximum absolute atomic E-state index is 2.44. The summed E-state index contributed by atoms with van der Waals surface area (Å²) in [6.07, 6.45) is 0. The first-order valence-electron chi connectivity index (χ1n) is 20.1. The summed E-state index contributed by atoms with van der Waals surface area (Å²) in [5, 5.41) is 15.4. The fourth-order valence-electron chi connectivity index (χ4n) is 10.5. The van der Waals surface area contributed by atoms with Crippen molar-refractivity contribution in [2.45, 2.75) is 19.3 Å². The highest BCUT2D eigenvalue weighted by molar-refractivity contribution is 6.25. The Morgan fingerprint density at radius 1 is 0.281 bits per heavy atom. The van der Waals surface area contributed by atoms with E-state index in [1.165, 1.54) is 120 Å². The molecule has 0 aliphatic heterocycles. The lowest BCUT2D eigenvalue weighted by Gasteiger charge is -2.25. The molecule has 0 bridgehead atoms. The lowest BCUT2D eigenvalue weighted by molar-refractivity contribution is 0.662. The summed E-state index contributed by atoms with van der Waals surface area (Å²) < 4.78 is 0. The molecule has 0 aromatic heterocycles. The number of benzene rings is 11. The van der Waals surface area contributed by atoms with Crippen LogP contribution >= 0.6 is 0 Å². The minimum absolute atomic E-state index is 0.140. The van der Waals surface area contributed by atoms with Crippen molar-refractivity contribution < 1.29 is 0 Å². The minimum atomic E-state index is -0.140. The van der Waals surface area contributed by atoms with Crippen LogP contribution in [-0.2, 0) is 5.41 Å².